The number of carbonyl (C=O) groups is 1. The molecule has 9 heteroatoms. The molecule has 1 aliphatic rings. The monoisotopic (exact) mass is 431 g/mol. The lowest BCUT2D eigenvalue weighted by Gasteiger charge is -2.11. The number of anilines is 1. The summed E-state index contributed by atoms with van der Waals surface area (Å²) in [4.78, 5) is 19.4. The van der Waals surface area contributed by atoms with Crippen molar-refractivity contribution in [2.45, 2.75) is 18.9 Å². The van der Waals surface area contributed by atoms with Crippen LogP contribution in [0.15, 0.2) is 42.7 Å². The number of phenols is 1. The number of phenolic OH excluding ortho intramolecular Hbond substituents is 1. The summed E-state index contributed by atoms with van der Waals surface area (Å²) in [7, 11) is 0. The van der Waals surface area contributed by atoms with Crippen LogP contribution in [0.4, 0.5) is 14.6 Å². The van der Waals surface area contributed by atoms with Crippen LogP contribution in [0, 0.1) is 17.6 Å². The maximum atomic E-state index is 14.3. The molecule has 1 saturated carbocycles. The van der Waals surface area contributed by atoms with Crippen LogP contribution in [0.2, 0.25) is 5.02 Å². The van der Waals surface area contributed by atoms with Gasteiger partial charge in [-0.3, -0.25) is 9.78 Å². The number of hydrogen-bond donors (Lipinski definition) is 3. The molecule has 2 atom stereocenters. The van der Waals surface area contributed by atoms with E-state index in [4.69, 9.17) is 16.7 Å². The third-order valence-corrected chi connectivity index (χ3v) is 5.32. The van der Waals surface area contributed by atoms with E-state index in [9.17, 15) is 18.7 Å². The minimum absolute atomic E-state index is 0.0279. The van der Waals surface area contributed by atoms with Crippen LogP contribution < -0.4 is 5.32 Å². The van der Waals surface area contributed by atoms with E-state index in [1.54, 1.807) is 0 Å². The minimum Gasteiger partial charge on any atom is -0.506 e. The highest BCUT2D eigenvalue weighted by Crippen LogP contribution is 2.46. The van der Waals surface area contributed by atoms with Crippen molar-refractivity contribution in [3.05, 3.63) is 70.6 Å². The van der Waals surface area contributed by atoms with Crippen molar-refractivity contribution in [3.8, 4) is 16.9 Å². The fourth-order valence-corrected chi connectivity index (χ4v) is 3.41. The van der Waals surface area contributed by atoms with Gasteiger partial charge in [-0.15, -0.1) is 0 Å². The van der Waals surface area contributed by atoms with Crippen molar-refractivity contribution in [1.82, 2.24) is 9.97 Å². The number of aromatic hydroxyl groups is 1. The molecule has 1 aliphatic carbocycles. The van der Waals surface area contributed by atoms with Crippen molar-refractivity contribution >= 4 is 23.4 Å². The molecule has 1 heterocycles. The number of aliphatic carboxylic acids is 1. The molecule has 3 N–H and O–H groups in total. The zero-order valence-corrected chi connectivity index (χ0v) is 16.2. The minimum atomic E-state index is -0.846. The normalized spacial score (nSPS) is 17.6. The number of aromatic nitrogens is 2. The van der Waals surface area contributed by atoms with Gasteiger partial charge < -0.3 is 15.5 Å². The third-order valence-electron chi connectivity index (χ3n) is 5.01. The van der Waals surface area contributed by atoms with Crippen LogP contribution in [0.3, 0.4) is 0 Å². The molecule has 4 rings (SSSR count). The first-order chi connectivity index (χ1) is 14.3. The lowest BCUT2D eigenvalue weighted by atomic mass is 10.0. The standard InChI is InChI=1S/C21H16ClF2N3O3/c22-15-4-10(1-2-19(15)28)12-3-11(16(23)6-17(12)24)7-26-20-9-25-18(8-27-20)13-5-14(13)21(29)30/h1-4,6,8-9,13-14,28H,5,7H2,(H,26,27)(H,29,30)/t13-,14-/m0/s1. The topological polar surface area (TPSA) is 95.3 Å². The number of carboxylic acid groups (broad SMARTS) is 1. The van der Waals surface area contributed by atoms with E-state index < -0.39 is 23.5 Å². The molecule has 3 aromatic rings. The zero-order chi connectivity index (χ0) is 21.4. The molecule has 0 saturated heterocycles. The summed E-state index contributed by atoms with van der Waals surface area (Å²) < 4.78 is 28.5. The van der Waals surface area contributed by atoms with Gasteiger partial charge in [0.25, 0.3) is 0 Å². The van der Waals surface area contributed by atoms with Gasteiger partial charge in [0.05, 0.1) is 29.0 Å². The van der Waals surface area contributed by atoms with Crippen molar-refractivity contribution in [1.29, 1.82) is 0 Å². The molecule has 0 unspecified atom stereocenters. The summed E-state index contributed by atoms with van der Waals surface area (Å²) in [5, 5.41) is 21.5. The second kappa shape index (κ2) is 7.87. The Kier molecular flexibility index (Phi) is 5.26. The second-order valence-corrected chi connectivity index (χ2v) is 7.46. The zero-order valence-electron chi connectivity index (χ0n) is 15.4. The van der Waals surface area contributed by atoms with Gasteiger partial charge >= 0.3 is 5.97 Å². The smallest absolute Gasteiger partial charge is 0.307 e. The van der Waals surface area contributed by atoms with E-state index in [1.165, 1.54) is 36.7 Å². The van der Waals surface area contributed by atoms with Gasteiger partial charge in [-0.05, 0) is 30.2 Å². The molecular formula is C21H16ClF2N3O3. The number of hydrogen-bond acceptors (Lipinski definition) is 5. The number of halogens is 3. The van der Waals surface area contributed by atoms with E-state index in [0.29, 0.717) is 23.5 Å². The molecule has 1 fully saturated rings. The Bertz CT molecular complexity index is 1130. The van der Waals surface area contributed by atoms with Crippen LogP contribution in [0.1, 0.15) is 23.6 Å². The largest absolute Gasteiger partial charge is 0.506 e. The average molecular weight is 432 g/mol. The van der Waals surface area contributed by atoms with Gasteiger partial charge in [-0.25, -0.2) is 13.8 Å². The Balaban J connectivity index is 1.49. The Labute approximate surface area is 175 Å². The van der Waals surface area contributed by atoms with Crippen LogP contribution in [-0.2, 0) is 11.3 Å². The number of nitrogens with one attached hydrogen (secondary N) is 1. The molecule has 0 bridgehead atoms. The summed E-state index contributed by atoms with van der Waals surface area (Å²) in [5.74, 6) is -2.62. The lowest BCUT2D eigenvalue weighted by molar-refractivity contribution is -0.138. The van der Waals surface area contributed by atoms with Gasteiger partial charge in [-0.2, -0.15) is 0 Å². The predicted molar refractivity (Wildman–Crippen MR) is 106 cm³/mol. The molecule has 0 aliphatic heterocycles. The van der Waals surface area contributed by atoms with Crippen LogP contribution >= 0.6 is 11.6 Å². The van der Waals surface area contributed by atoms with Crippen molar-refractivity contribution in [2.24, 2.45) is 5.92 Å². The molecule has 1 aromatic heterocycles. The fraction of sp³-hybridized carbons (Fsp3) is 0.190. The third kappa shape index (κ3) is 4.04. The predicted octanol–water partition coefficient (Wildman–Crippen LogP) is 4.58. The van der Waals surface area contributed by atoms with Crippen molar-refractivity contribution < 1.29 is 23.8 Å². The number of nitrogens with zero attached hydrogens (tertiary/aromatic N) is 2. The van der Waals surface area contributed by atoms with Gasteiger partial charge in [-0.1, -0.05) is 17.7 Å². The van der Waals surface area contributed by atoms with E-state index in [0.717, 1.165) is 6.07 Å². The molecule has 154 valence electrons. The van der Waals surface area contributed by atoms with Gasteiger partial charge in [0.2, 0.25) is 0 Å². The van der Waals surface area contributed by atoms with Crippen LogP contribution in [0.5, 0.6) is 5.75 Å². The van der Waals surface area contributed by atoms with E-state index in [1.807, 2.05) is 0 Å². The summed E-state index contributed by atoms with van der Waals surface area (Å²) in [6.07, 6.45) is 3.50. The first-order valence-electron chi connectivity index (χ1n) is 9.09. The number of benzene rings is 2. The highest BCUT2D eigenvalue weighted by atomic mass is 35.5. The van der Waals surface area contributed by atoms with Gasteiger partial charge in [0, 0.05) is 29.7 Å². The summed E-state index contributed by atoms with van der Waals surface area (Å²) in [5.41, 5.74) is 1.35. The van der Waals surface area contributed by atoms with Gasteiger partial charge in [0.15, 0.2) is 0 Å². The van der Waals surface area contributed by atoms with Crippen LogP contribution in [0.25, 0.3) is 11.1 Å². The summed E-state index contributed by atoms with van der Waals surface area (Å²) in [6, 6.07) is 6.38. The molecule has 30 heavy (non-hydrogen) atoms. The molecule has 0 spiro atoms. The quantitative estimate of drug-likeness (QED) is 0.528. The Morgan fingerprint density at radius 3 is 2.60 bits per heavy atom. The molecule has 6 nitrogen and oxygen atoms in total. The highest BCUT2D eigenvalue weighted by molar-refractivity contribution is 6.32. The van der Waals surface area contributed by atoms with Crippen LogP contribution in [-0.4, -0.2) is 26.2 Å². The SMILES string of the molecule is O=C(O)[C@H]1C[C@@H]1c1cnc(NCc2cc(-c3ccc(O)c(Cl)c3)c(F)cc2F)cn1. The number of carboxylic acids is 1. The maximum Gasteiger partial charge on any atom is 0.307 e. The Hall–Kier alpha value is -3.26. The Morgan fingerprint density at radius 2 is 1.97 bits per heavy atom. The van der Waals surface area contributed by atoms with Gasteiger partial charge in [0.1, 0.15) is 23.2 Å². The fourth-order valence-electron chi connectivity index (χ4n) is 3.23. The van der Waals surface area contributed by atoms with E-state index in [2.05, 4.69) is 15.3 Å². The molecule has 2 aromatic carbocycles. The lowest BCUT2D eigenvalue weighted by Crippen LogP contribution is -2.06. The van der Waals surface area contributed by atoms with Crippen molar-refractivity contribution in [3.63, 3.8) is 0 Å². The van der Waals surface area contributed by atoms with Crippen molar-refractivity contribution in [2.75, 3.05) is 5.32 Å². The summed E-state index contributed by atoms with van der Waals surface area (Å²) in [6.45, 7) is 0.0279. The second-order valence-electron chi connectivity index (χ2n) is 7.06. The maximum absolute atomic E-state index is 14.3. The van der Waals surface area contributed by atoms with E-state index >= 15 is 0 Å². The molecular weight excluding hydrogens is 416 g/mol. The highest BCUT2D eigenvalue weighted by Gasteiger charge is 2.45. The van der Waals surface area contributed by atoms with E-state index in [-0.39, 0.29) is 34.4 Å². The summed E-state index contributed by atoms with van der Waals surface area (Å²) >= 11 is 5.89. The molecule has 0 radical (unpaired) electrons. The first-order valence-corrected chi connectivity index (χ1v) is 9.46. The number of rotatable bonds is 6. The first kappa shape index (κ1) is 20.0. The molecule has 0 amide bonds. The Morgan fingerprint density at radius 1 is 1.17 bits per heavy atom. The average Bonchev–Trinajstić information content (AvgIpc) is 3.51.